The highest BCUT2D eigenvalue weighted by Crippen LogP contribution is 2.31. The minimum Gasteiger partial charge on any atom is -0.391 e. The minimum absolute atomic E-state index is 0.232. The molecule has 2 aromatic carbocycles. The van der Waals surface area contributed by atoms with Crippen LogP contribution < -0.4 is 5.56 Å². The Morgan fingerprint density at radius 2 is 1.76 bits per heavy atom. The van der Waals surface area contributed by atoms with Crippen molar-refractivity contribution in [3.63, 3.8) is 0 Å². The fourth-order valence-electron chi connectivity index (χ4n) is 4.83. The van der Waals surface area contributed by atoms with Gasteiger partial charge in [-0.1, -0.05) is 43.2 Å². The molecule has 8 heteroatoms. The second-order valence-corrected chi connectivity index (χ2v) is 8.66. The van der Waals surface area contributed by atoms with Gasteiger partial charge >= 0.3 is 0 Å². The van der Waals surface area contributed by atoms with Crippen LogP contribution in [0.25, 0.3) is 28.0 Å². The fourth-order valence-corrected chi connectivity index (χ4v) is 4.83. The van der Waals surface area contributed by atoms with E-state index >= 15 is 0 Å². The Labute approximate surface area is 190 Å². The van der Waals surface area contributed by atoms with Crippen LogP contribution in [0.3, 0.4) is 0 Å². The van der Waals surface area contributed by atoms with E-state index in [0.29, 0.717) is 24.4 Å². The van der Waals surface area contributed by atoms with Gasteiger partial charge in [-0.3, -0.25) is 9.48 Å². The first-order chi connectivity index (χ1) is 16.2. The largest absolute Gasteiger partial charge is 0.391 e. The highest BCUT2D eigenvalue weighted by Gasteiger charge is 2.31. The summed E-state index contributed by atoms with van der Waals surface area (Å²) in [5, 5.41) is 25.0. The second kappa shape index (κ2) is 7.97. The van der Waals surface area contributed by atoms with Crippen LogP contribution >= 0.6 is 0 Å². The Morgan fingerprint density at radius 3 is 2.55 bits per heavy atom. The molecule has 1 aliphatic carbocycles. The van der Waals surface area contributed by atoms with Gasteiger partial charge in [0.05, 0.1) is 29.9 Å². The third-order valence-corrected chi connectivity index (χ3v) is 6.55. The number of benzene rings is 2. The summed E-state index contributed by atoms with van der Waals surface area (Å²) in [5.41, 5.74) is 3.67. The fraction of sp³-hybridized carbons (Fsp3) is 0.280. The monoisotopic (exact) mass is 440 g/mol. The smallest absolute Gasteiger partial charge is 0.297 e. The van der Waals surface area contributed by atoms with E-state index in [1.165, 1.54) is 4.68 Å². The van der Waals surface area contributed by atoms with Gasteiger partial charge in [0.1, 0.15) is 5.69 Å². The molecule has 2 atom stereocenters. The van der Waals surface area contributed by atoms with Gasteiger partial charge in [-0.25, -0.2) is 9.36 Å². The zero-order chi connectivity index (χ0) is 22.4. The highest BCUT2D eigenvalue weighted by atomic mass is 16.3. The van der Waals surface area contributed by atoms with Gasteiger partial charge in [-0.2, -0.15) is 15.3 Å². The standard InChI is InChI=1S/C25H24N6O2/c32-22-9-4-3-8-21(22)31-25(33)24-23(28-31)19-6-1-2-7-20(19)30(27-24)16-17-10-12-18(13-11-17)29-15-5-14-26-29/h1-2,5-7,10-15,21-22,32H,3-4,8-9,16H2/t21-,22-/m1/s1. The van der Waals surface area contributed by atoms with Crippen LogP contribution in [0.4, 0.5) is 0 Å². The van der Waals surface area contributed by atoms with Gasteiger partial charge in [0.15, 0.2) is 5.69 Å². The molecule has 0 saturated heterocycles. The van der Waals surface area contributed by atoms with Crippen molar-refractivity contribution in [2.45, 2.75) is 44.4 Å². The number of para-hydroxylation sites is 1. The second-order valence-electron chi connectivity index (χ2n) is 8.66. The first-order valence-electron chi connectivity index (χ1n) is 11.3. The quantitative estimate of drug-likeness (QED) is 0.463. The molecule has 0 radical (unpaired) electrons. The summed E-state index contributed by atoms with van der Waals surface area (Å²) in [7, 11) is 0. The van der Waals surface area contributed by atoms with Crippen LogP contribution in [0.15, 0.2) is 71.8 Å². The van der Waals surface area contributed by atoms with Crippen LogP contribution in [0.5, 0.6) is 0 Å². The van der Waals surface area contributed by atoms with Gasteiger partial charge in [-0.05, 0) is 42.7 Å². The van der Waals surface area contributed by atoms with Crippen molar-refractivity contribution >= 4 is 10.9 Å². The number of hydrogen-bond acceptors (Lipinski definition) is 5. The van der Waals surface area contributed by atoms with Crippen LogP contribution in [-0.4, -0.2) is 40.6 Å². The topological polar surface area (TPSA) is 90.8 Å². The van der Waals surface area contributed by atoms with Crippen molar-refractivity contribution in [1.29, 1.82) is 0 Å². The van der Waals surface area contributed by atoms with Gasteiger partial charge in [0.2, 0.25) is 0 Å². The Hall–Kier alpha value is -3.78. The van der Waals surface area contributed by atoms with Gasteiger partial charge in [0, 0.05) is 17.8 Å². The maximum atomic E-state index is 13.3. The predicted octanol–water partition coefficient (Wildman–Crippen LogP) is 3.41. The van der Waals surface area contributed by atoms with Crippen LogP contribution in [-0.2, 0) is 6.54 Å². The lowest BCUT2D eigenvalue weighted by atomic mass is 9.93. The van der Waals surface area contributed by atoms with E-state index < -0.39 is 6.10 Å². The molecule has 2 aliphatic heterocycles. The molecule has 8 nitrogen and oxygen atoms in total. The average molecular weight is 441 g/mol. The summed E-state index contributed by atoms with van der Waals surface area (Å²) < 4.78 is 5.15. The summed E-state index contributed by atoms with van der Waals surface area (Å²) >= 11 is 0. The number of aromatic nitrogens is 6. The molecule has 0 amide bonds. The van der Waals surface area contributed by atoms with Gasteiger partial charge in [0.25, 0.3) is 5.56 Å². The molecule has 166 valence electrons. The highest BCUT2D eigenvalue weighted by molar-refractivity contribution is 5.92. The van der Waals surface area contributed by atoms with E-state index in [4.69, 9.17) is 5.10 Å². The molecular weight excluding hydrogens is 416 g/mol. The molecule has 0 unspecified atom stereocenters. The lowest BCUT2D eigenvalue weighted by Gasteiger charge is -2.26. The molecule has 6 rings (SSSR count). The zero-order valence-electron chi connectivity index (χ0n) is 18.1. The van der Waals surface area contributed by atoms with E-state index in [1.54, 1.807) is 6.20 Å². The van der Waals surface area contributed by atoms with Crippen LogP contribution in [0.2, 0.25) is 0 Å². The normalized spacial score (nSPS) is 18.8. The van der Waals surface area contributed by atoms with E-state index in [0.717, 1.165) is 41.4 Å². The first kappa shape index (κ1) is 19.9. The molecule has 1 aromatic heterocycles. The van der Waals surface area contributed by atoms with Gasteiger partial charge in [-0.15, -0.1) is 0 Å². The van der Waals surface area contributed by atoms with Crippen molar-refractivity contribution in [3.05, 3.63) is 82.9 Å². The van der Waals surface area contributed by atoms with Crippen molar-refractivity contribution in [1.82, 2.24) is 29.3 Å². The van der Waals surface area contributed by atoms with E-state index in [-0.39, 0.29) is 11.6 Å². The Kier molecular flexibility index (Phi) is 4.80. The predicted molar refractivity (Wildman–Crippen MR) is 125 cm³/mol. The summed E-state index contributed by atoms with van der Waals surface area (Å²) in [6.45, 7) is 0.520. The molecule has 3 heterocycles. The van der Waals surface area contributed by atoms with Crippen molar-refractivity contribution in [3.8, 4) is 17.1 Å². The molecule has 3 aromatic rings. The van der Waals surface area contributed by atoms with Crippen LogP contribution in [0.1, 0.15) is 37.3 Å². The summed E-state index contributed by atoms with van der Waals surface area (Å²) in [6, 6.07) is 17.6. The third-order valence-electron chi connectivity index (χ3n) is 6.55. The number of nitrogens with zero attached hydrogens (tertiary/aromatic N) is 6. The van der Waals surface area contributed by atoms with Crippen LogP contribution in [0, 0.1) is 0 Å². The maximum Gasteiger partial charge on any atom is 0.297 e. The lowest BCUT2D eigenvalue weighted by Crippen LogP contribution is -2.33. The molecule has 0 spiro atoms. The van der Waals surface area contributed by atoms with E-state index in [1.807, 2.05) is 70.2 Å². The molecule has 1 saturated carbocycles. The lowest BCUT2D eigenvalue weighted by molar-refractivity contribution is 0.0681. The summed E-state index contributed by atoms with van der Waals surface area (Å²) in [6.07, 6.45) is 6.53. The number of aliphatic hydroxyl groups is 1. The first-order valence-corrected chi connectivity index (χ1v) is 11.3. The number of hydrogen-bond donors (Lipinski definition) is 1. The van der Waals surface area contributed by atoms with Crippen molar-refractivity contribution in [2.75, 3.05) is 0 Å². The van der Waals surface area contributed by atoms with E-state index in [9.17, 15) is 9.90 Å². The van der Waals surface area contributed by atoms with E-state index in [2.05, 4.69) is 10.2 Å². The molecule has 0 bridgehead atoms. The zero-order valence-corrected chi connectivity index (χ0v) is 18.1. The van der Waals surface area contributed by atoms with Crippen molar-refractivity contribution < 1.29 is 5.11 Å². The minimum atomic E-state index is -0.549. The average Bonchev–Trinajstić information content (AvgIpc) is 3.49. The Balaban J connectivity index is 1.43. The van der Waals surface area contributed by atoms with Crippen molar-refractivity contribution in [2.24, 2.45) is 0 Å². The molecule has 1 N–H and O–H groups in total. The molecule has 3 aliphatic rings. The third kappa shape index (κ3) is 3.43. The summed E-state index contributed by atoms with van der Waals surface area (Å²) in [5.74, 6) is 0. The Bertz CT molecular complexity index is 1430. The number of fused-ring (bicyclic) bond motifs is 3. The Morgan fingerprint density at radius 1 is 0.939 bits per heavy atom. The molecular formula is C25H24N6O2. The number of aliphatic hydroxyl groups excluding tert-OH is 1. The maximum absolute atomic E-state index is 13.3. The SMILES string of the molecule is O=c1c2nn(Cc3ccc(-n4cccn4)cc3)c3ccccc3c-2nn1[C@@H]1CCCC[C@H]1O. The summed E-state index contributed by atoms with van der Waals surface area (Å²) in [4.78, 5) is 13.3. The molecule has 33 heavy (non-hydrogen) atoms. The van der Waals surface area contributed by atoms with Gasteiger partial charge < -0.3 is 5.11 Å². The number of rotatable bonds is 4. The molecule has 1 fully saturated rings.